The van der Waals surface area contributed by atoms with Crippen molar-refractivity contribution in [3.63, 3.8) is 0 Å². The van der Waals surface area contributed by atoms with Crippen molar-refractivity contribution in [2.75, 3.05) is 24.7 Å². The molecule has 1 amide bonds. The lowest BCUT2D eigenvalue weighted by Crippen LogP contribution is -2.46. The van der Waals surface area contributed by atoms with E-state index in [-0.39, 0.29) is 42.5 Å². The Morgan fingerprint density at radius 3 is 2.37 bits per heavy atom. The Labute approximate surface area is 114 Å². The number of sulfone groups is 1. The molecule has 1 saturated carbocycles. The van der Waals surface area contributed by atoms with Crippen molar-refractivity contribution in [2.24, 2.45) is 5.92 Å². The van der Waals surface area contributed by atoms with Crippen molar-refractivity contribution in [1.29, 1.82) is 0 Å². The fraction of sp³-hybridized carbons (Fsp3) is 0.923. The summed E-state index contributed by atoms with van der Waals surface area (Å²) in [6.07, 6.45) is 5.65. The minimum absolute atomic E-state index is 0.0311. The van der Waals surface area contributed by atoms with Gasteiger partial charge in [0, 0.05) is 18.5 Å². The summed E-state index contributed by atoms with van der Waals surface area (Å²) in [5.74, 6) is 0.308. The van der Waals surface area contributed by atoms with Gasteiger partial charge in [0.1, 0.15) is 0 Å². The van der Waals surface area contributed by atoms with Gasteiger partial charge in [0.25, 0.3) is 0 Å². The minimum Gasteiger partial charge on any atom is -0.395 e. The first-order chi connectivity index (χ1) is 9.03. The summed E-state index contributed by atoms with van der Waals surface area (Å²) >= 11 is 0. The van der Waals surface area contributed by atoms with Gasteiger partial charge in [-0.1, -0.05) is 19.3 Å². The van der Waals surface area contributed by atoms with Crippen molar-refractivity contribution in [1.82, 2.24) is 4.90 Å². The van der Waals surface area contributed by atoms with Crippen LogP contribution in [0.5, 0.6) is 0 Å². The third-order valence-electron chi connectivity index (χ3n) is 4.23. The Balaban J connectivity index is 2.04. The second-order valence-corrected chi connectivity index (χ2v) is 7.88. The van der Waals surface area contributed by atoms with Gasteiger partial charge in [0.15, 0.2) is 9.84 Å². The predicted molar refractivity (Wildman–Crippen MR) is 72.4 cm³/mol. The highest BCUT2D eigenvalue weighted by atomic mass is 32.2. The molecule has 5 nitrogen and oxygen atoms in total. The minimum atomic E-state index is -3.00. The van der Waals surface area contributed by atoms with Gasteiger partial charge in [-0.15, -0.1) is 0 Å². The van der Waals surface area contributed by atoms with Gasteiger partial charge in [-0.2, -0.15) is 0 Å². The summed E-state index contributed by atoms with van der Waals surface area (Å²) in [6.45, 7) is 0.157. The first-order valence-electron chi connectivity index (χ1n) is 7.15. The number of carbonyl (C=O) groups excluding carboxylic acids is 1. The van der Waals surface area contributed by atoms with E-state index in [0.29, 0.717) is 6.42 Å². The zero-order valence-electron chi connectivity index (χ0n) is 11.3. The van der Waals surface area contributed by atoms with Crippen molar-refractivity contribution in [2.45, 2.75) is 44.6 Å². The molecule has 2 rings (SSSR count). The molecule has 6 heteroatoms. The Morgan fingerprint density at radius 2 is 1.84 bits per heavy atom. The zero-order chi connectivity index (χ0) is 13.9. The summed E-state index contributed by atoms with van der Waals surface area (Å²) in [6, 6.07) is -0.230. The van der Waals surface area contributed by atoms with Gasteiger partial charge < -0.3 is 10.0 Å². The molecule has 1 heterocycles. The summed E-state index contributed by atoms with van der Waals surface area (Å²) in [7, 11) is -3.00. The molecule has 110 valence electrons. The Hall–Kier alpha value is -0.620. The number of nitrogens with zero attached hydrogens (tertiary/aromatic N) is 1. The average Bonchev–Trinajstić information content (AvgIpc) is 2.76. The van der Waals surface area contributed by atoms with Crippen LogP contribution < -0.4 is 0 Å². The number of hydrogen-bond donors (Lipinski definition) is 1. The lowest BCUT2D eigenvalue weighted by Gasteiger charge is -2.32. The topological polar surface area (TPSA) is 74.7 Å². The standard InChI is InChI=1S/C13H23NO4S/c15-8-7-14(12-6-9-19(17,18)10-12)13(16)11-4-2-1-3-5-11/h11-12,15H,1-10H2/t12-/m0/s1. The molecule has 0 aromatic rings. The first kappa shape index (κ1) is 14.8. The highest BCUT2D eigenvalue weighted by Crippen LogP contribution is 2.27. The van der Waals surface area contributed by atoms with E-state index >= 15 is 0 Å². The fourth-order valence-electron chi connectivity index (χ4n) is 3.19. The van der Waals surface area contributed by atoms with Crippen LogP contribution in [0.2, 0.25) is 0 Å². The third kappa shape index (κ3) is 3.69. The molecule has 2 fully saturated rings. The van der Waals surface area contributed by atoms with Crippen molar-refractivity contribution < 1.29 is 18.3 Å². The molecule has 19 heavy (non-hydrogen) atoms. The van der Waals surface area contributed by atoms with Gasteiger partial charge in [-0.05, 0) is 19.3 Å². The number of aliphatic hydroxyl groups is 1. The lowest BCUT2D eigenvalue weighted by atomic mass is 9.88. The van der Waals surface area contributed by atoms with E-state index in [0.717, 1.165) is 25.7 Å². The second kappa shape index (κ2) is 6.22. The molecule has 1 atom stereocenters. The molecule has 0 spiro atoms. The Morgan fingerprint density at radius 1 is 1.16 bits per heavy atom. The van der Waals surface area contributed by atoms with Crippen LogP contribution in [0, 0.1) is 5.92 Å². The maximum atomic E-state index is 12.5. The number of rotatable bonds is 4. The quantitative estimate of drug-likeness (QED) is 0.821. The van der Waals surface area contributed by atoms with Crippen LogP contribution in [0.4, 0.5) is 0 Å². The molecule has 1 aliphatic heterocycles. The molecular formula is C13H23NO4S. The van der Waals surface area contributed by atoms with E-state index in [2.05, 4.69) is 0 Å². The van der Waals surface area contributed by atoms with Gasteiger partial charge >= 0.3 is 0 Å². The molecule has 1 aliphatic carbocycles. The van der Waals surface area contributed by atoms with Crippen LogP contribution in [-0.2, 0) is 14.6 Å². The Bertz CT molecular complexity index is 414. The van der Waals surface area contributed by atoms with Crippen LogP contribution in [0.25, 0.3) is 0 Å². The van der Waals surface area contributed by atoms with Crippen molar-refractivity contribution >= 4 is 15.7 Å². The summed E-state index contributed by atoms with van der Waals surface area (Å²) in [5, 5.41) is 9.13. The molecule has 0 aromatic heterocycles. The molecule has 1 N–H and O–H groups in total. The number of aliphatic hydroxyl groups excluding tert-OH is 1. The van der Waals surface area contributed by atoms with E-state index in [1.165, 1.54) is 6.42 Å². The average molecular weight is 289 g/mol. The van der Waals surface area contributed by atoms with Crippen LogP contribution in [0.1, 0.15) is 38.5 Å². The van der Waals surface area contributed by atoms with Crippen LogP contribution in [0.3, 0.4) is 0 Å². The largest absolute Gasteiger partial charge is 0.395 e. The molecule has 0 bridgehead atoms. The summed E-state index contributed by atoms with van der Waals surface area (Å²) in [5.41, 5.74) is 0. The van der Waals surface area contributed by atoms with E-state index in [1.807, 2.05) is 0 Å². The normalized spacial score (nSPS) is 27.3. The van der Waals surface area contributed by atoms with Crippen LogP contribution in [0.15, 0.2) is 0 Å². The van der Waals surface area contributed by atoms with E-state index < -0.39 is 9.84 Å². The van der Waals surface area contributed by atoms with Gasteiger partial charge in [-0.3, -0.25) is 4.79 Å². The van der Waals surface area contributed by atoms with E-state index in [4.69, 9.17) is 5.11 Å². The van der Waals surface area contributed by atoms with E-state index in [9.17, 15) is 13.2 Å². The van der Waals surface area contributed by atoms with Gasteiger partial charge in [0.2, 0.25) is 5.91 Å². The smallest absolute Gasteiger partial charge is 0.226 e. The van der Waals surface area contributed by atoms with Gasteiger partial charge in [-0.25, -0.2) is 8.42 Å². The highest BCUT2D eigenvalue weighted by Gasteiger charge is 2.36. The van der Waals surface area contributed by atoms with Crippen LogP contribution >= 0.6 is 0 Å². The molecule has 0 unspecified atom stereocenters. The van der Waals surface area contributed by atoms with Crippen molar-refractivity contribution in [3.8, 4) is 0 Å². The maximum Gasteiger partial charge on any atom is 0.226 e. The van der Waals surface area contributed by atoms with Gasteiger partial charge in [0.05, 0.1) is 18.1 Å². The van der Waals surface area contributed by atoms with Crippen molar-refractivity contribution in [3.05, 3.63) is 0 Å². The monoisotopic (exact) mass is 289 g/mol. The molecular weight excluding hydrogens is 266 g/mol. The maximum absolute atomic E-state index is 12.5. The number of amides is 1. The second-order valence-electron chi connectivity index (χ2n) is 5.65. The number of carbonyl (C=O) groups is 1. The Kier molecular flexibility index (Phi) is 4.84. The molecule has 1 saturated heterocycles. The summed E-state index contributed by atoms with van der Waals surface area (Å²) in [4.78, 5) is 14.1. The SMILES string of the molecule is O=C(C1CCCCC1)N(CCO)[C@H]1CCS(=O)(=O)C1. The van der Waals surface area contributed by atoms with Crippen LogP contribution in [-0.4, -0.2) is 55.0 Å². The fourth-order valence-corrected chi connectivity index (χ4v) is 4.92. The number of hydrogen-bond acceptors (Lipinski definition) is 4. The first-order valence-corrected chi connectivity index (χ1v) is 8.97. The summed E-state index contributed by atoms with van der Waals surface area (Å²) < 4.78 is 23.1. The lowest BCUT2D eigenvalue weighted by molar-refractivity contribution is -0.139. The molecule has 0 radical (unpaired) electrons. The highest BCUT2D eigenvalue weighted by molar-refractivity contribution is 7.91. The zero-order valence-corrected chi connectivity index (χ0v) is 12.1. The predicted octanol–water partition coefficient (Wildman–Crippen LogP) is 0.575. The third-order valence-corrected chi connectivity index (χ3v) is 5.98. The molecule has 0 aromatic carbocycles. The molecule has 2 aliphatic rings. The van der Waals surface area contributed by atoms with E-state index in [1.54, 1.807) is 4.90 Å².